The van der Waals surface area contributed by atoms with Gasteiger partial charge in [-0.05, 0) is 26.4 Å². The van der Waals surface area contributed by atoms with Crippen molar-refractivity contribution in [3.63, 3.8) is 0 Å². The van der Waals surface area contributed by atoms with E-state index in [1.54, 1.807) is 0 Å². The molecule has 0 amide bonds. The highest BCUT2D eigenvalue weighted by atomic mass is 19.1. The fourth-order valence-corrected chi connectivity index (χ4v) is 1.69. The summed E-state index contributed by atoms with van der Waals surface area (Å²) in [6, 6.07) is 0. The molecule has 0 aliphatic carbocycles. The Balaban J connectivity index is 2.23. The first-order valence-electron chi connectivity index (χ1n) is 4.26. The summed E-state index contributed by atoms with van der Waals surface area (Å²) in [4.78, 5) is 2.05. The SMILES string of the molecule is CN1CC(F)C(CCCN)C1. The Morgan fingerprint density at radius 2 is 2.27 bits per heavy atom. The van der Waals surface area contributed by atoms with Gasteiger partial charge in [-0.15, -0.1) is 0 Å². The smallest absolute Gasteiger partial charge is 0.117 e. The van der Waals surface area contributed by atoms with E-state index in [1.165, 1.54) is 0 Å². The van der Waals surface area contributed by atoms with Crippen molar-refractivity contribution in [2.24, 2.45) is 11.7 Å². The van der Waals surface area contributed by atoms with Crippen LogP contribution in [0.3, 0.4) is 0 Å². The second-order valence-electron chi connectivity index (χ2n) is 3.43. The summed E-state index contributed by atoms with van der Waals surface area (Å²) < 4.78 is 13.1. The van der Waals surface area contributed by atoms with Crippen molar-refractivity contribution in [1.29, 1.82) is 0 Å². The van der Waals surface area contributed by atoms with Gasteiger partial charge in [-0.25, -0.2) is 4.39 Å². The number of hydrogen-bond acceptors (Lipinski definition) is 2. The predicted octanol–water partition coefficient (Wildman–Crippen LogP) is 0.625. The highest BCUT2D eigenvalue weighted by Gasteiger charge is 2.29. The van der Waals surface area contributed by atoms with Crippen LogP contribution in [-0.4, -0.2) is 37.8 Å². The zero-order valence-corrected chi connectivity index (χ0v) is 7.09. The van der Waals surface area contributed by atoms with Crippen molar-refractivity contribution in [2.45, 2.75) is 19.0 Å². The Labute approximate surface area is 67.6 Å². The highest BCUT2D eigenvalue weighted by Crippen LogP contribution is 2.22. The van der Waals surface area contributed by atoms with Crippen LogP contribution in [0.2, 0.25) is 0 Å². The van der Waals surface area contributed by atoms with E-state index >= 15 is 0 Å². The van der Waals surface area contributed by atoms with Gasteiger partial charge in [0, 0.05) is 19.0 Å². The van der Waals surface area contributed by atoms with Gasteiger partial charge >= 0.3 is 0 Å². The van der Waals surface area contributed by atoms with Crippen molar-refractivity contribution < 1.29 is 4.39 Å². The third kappa shape index (κ3) is 2.42. The first kappa shape index (κ1) is 8.94. The van der Waals surface area contributed by atoms with Crippen molar-refractivity contribution in [1.82, 2.24) is 4.90 Å². The number of halogens is 1. The number of nitrogens with zero attached hydrogens (tertiary/aromatic N) is 1. The standard InChI is InChI=1S/C8H17FN2/c1-11-5-7(3-2-4-10)8(9)6-11/h7-8H,2-6,10H2,1H3. The minimum absolute atomic E-state index is 0.239. The van der Waals surface area contributed by atoms with Gasteiger partial charge in [-0.1, -0.05) is 0 Å². The number of likely N-dealkylation sites (tertiary alicyclic amines) is 1. The van der Waals surface area contributed by atoms with Crippen LogP contribution < -0.4 is 5.73 Å². The Hall–Kier alpha value is -0.150. The summed E-state index contributed by atoms with van der Waals surface area (Å²) in [6.45, 7) is 2.20. The van der Waals surface area contributed by atoms with Gasteiger partial charge in [0.2, 0.25) is 0 Å². The molecule has 1 aliphatic rings. The summed E-state index contributed by atoms with van der Waals surface area (Å²) in [5.74, 6) is 0.239. The quantitative estimate of drug-likeness (QED) is 0.656. The molecule has 2 N–H and O–H groups in total. The highest BCUT2D eigenvalue weighted by molar-refractivity contribution is 4.81. The summed E-state index contributed by atoms with van der Waals surface area (Å²) in [5.41, 5.74) is 5.35. The van der Waals surface area contributed by atoms with Gasteiger partial charge < -0.3 is 10.6 Å². The second kappa shape index (κ2) is 4.02. The molecule has 1 rings (SSSR count). The molecule has 0 bridgehead atoms. The van der Waals surface area contributed by atoms with Crippen LogP contribution in [0.4, 0.5) is 4.39 Å². The van der Waals surface area contributed by atoms with E-state index in [0.29, 0.717) is 13.1 Å². The monoisotopic (exact) mass is 160 g/mol. The van der Waals surface area contributed by atoms with Crippen LogP contribution in [0.1, 0.15) is 12.8 Å². The minimum Gasteiger partial charge on any atom is -0.330 e. The van der Waals surface area contributed by atoms with E-state index in [0.717, 1.165) is 19.4 Å². The molecule has 1 aliphatic heterocycles. The number of nitrogens with two attached hydrogens (primary N) is 1. The Kier molecular flexibility index (Phi) is 3.27. The van der Waals surface area contributed by atoms with Crippen LogP contribution in [0.15, 0.2) is 0 Å². The van der Waals surface area contributed by atoms with Gasteiger partial charge in [0.15, 0.2) is 0 Å². The normalized spacial score (nSPS) is 33.0. The van der Waals surface area contributed by atoms with Gasteiger partial charge in [-0.3, -0.25) is 0 Å². The third-order valence-electron chi connectivity index (χ3n) is 2.32. The second-order valence-corrected chi connectivity index (χ2v) is 3.43. The molecular formula is C8H17FN2. The minimum atomic E-state index is -0.619. The van der Waals surface area contributed by atoms with Crippen LogP contribution in [0.25, 0.3) is 0 Å². The Morgan fingerprint density at radius 3 is 2.73 bits per heavy atom. The molecule has 0 spiro atoms. The van der Waals surface area contributed by atoms with Crippen LogP contribution >= 0.6 is 0 Å². The molecule has 0 aromatic heterocycles. The van der Waals surface area contributed by atoms with E-state index in [2.05, 4.69) is 0 Å². The van der Waals surface area contributed by atoms with E-state index in [1.807, 2.05) is 11.9 Å². The van der Waals surface area contributed by atoms with E-state index in [9.17, 15) is 4.39 Å². The van der Waals surface area contributed by atoms with Gasteiger partial charge in [-0.2, -0.15) is 0 Å². The molecule has 2 atom stereocenters. The fraction of sp³-hybridized carbons (Fsp3) is 1.00. The predicted molar refractivity (Wildman–Crippen MR) is 44.2 cm³/mol. The van der Waals surface area contributed by atoms with Crippen molar-refractivity contribution in [3.8, 4) is 0 Å². The molecule has 1 saturated heterocycles. The molecule has 0 radical (unpaired) electrons. The lowest BCUT2D eigenvalue weighted by atomic mass is 10.0. The number of rotatable bonds is 3. The summed E-state index contributed by atoms with van der Waals surface area (Å²) in [5, 5.41) is 0. The zero-order valence-electron chi connectivity index (χ0n) is 7.09. The van der Waals surface area contributed by atoms with Crippen molar-refractivity contribution >= 4 is 0 Å². The van der Waals surface area contributed by atoms with E-state index < -0.39 is 6.17 Å². The van der Waals surface area contributed by atoms with Gasteiger partial charge in [0.25, 0.3) is 0 Å². The fourth-order valence-electron chi connectivity index (χ4n) is 1.69. The van der Waals surface area contributed by atoms with Crippen LogP contribution in [0, 0.1) is 5.92 Å². The molecule has 0 saturated carbocycles. The number of hydrogen-bond donors (Lipinski definition) is 1. The van der Waals surface area contributed by atoms with Crippen molar-refractivity contribution in [3.05, 3.63) is 0 Å². The first-order chi connectivity index (χ1) is 5.24. The lowest BCUT2D eigenvalue weighted by molar-refractivity contribution is 0.267. The van der Waals surface area contributed by atoms with Crippen molar-refractivity contribution in [2.75, 3.05) is 26.7 Å². The maximum atomic E-state index is 13.1. The zero-order chi connectivity index (χ0) is 8.27. The van der Waals surface area contributed by atoms with Crippen LogP contribution in [0.5, 0.6) is 0 Å². The molecule has 66 valence electrons. The topological polar surface area (TPSA) is 29.3 Å². The Bertz CT molecular complexity index is 119. The largest absolute Gasteiger partial charge is 0.330 e. The van der Waals surface area contributed by atoms with Gasteiger partial charge in [0.1, 0.15) is 6.17 Å². The number of alkyl halides is 1. The van der Waals surface area contributed by atoms with Gasteiger partial charge in [0.05, 0.1) is 0 Å². The molecule has 1 fully saturated rings. The summed E-state index contributed by atoms with van der Waals surface area (Å²) in [6.07, 6.45) is 1.28. The molecule has 3 heteroatoms. The molecule has 1 heterocycles. The molecule has 0 aromatic rings. The van der Waals surface area contributed by atoms with E-state index in [-0.39, 0.29) is 5.92 Å². The van der Waals surface area contributed by atoms with E-state index in [4.69, 9.17) is 5.73 Å². The molecule has 2 unspecified atom stereocenters. The average molecular weight is 160 g/mol. The lowest BCUT2D eigenvalue weighted by Gasteiger charge is -2.09. The summed E-state index contributed by atoms with van der Waals surface area (Å²) in [7, 11) is 1.97. The third-order valence-corrected chi connectivity index (χ3v) is 2.32. The molecule has 2 nitrogen and oxygen atoms in total. The molecular weight excluding hydrogens is 143 g/mol. The maximum absolute atomic E-state index is 13.1. The maximum Gasteiger partial charge on any atom is 0.117 e. The average Bonchev–Trinajstić information content (AvgIpc) is 2.26. The Morgan fingerprint density at radius 1 is 1.55 bits per heavy atom. The first-order valence-corrected chi connectivity index (χ1v) is 4.26. The molecule has 0 aromatic carbocycles. The lowest BCUT2D eigenvalue weighted by Crippen LogP contribution is -2.14. The summed E-state index contributed by atoms with van der Waals surface area (Å²) >= 11 is 0. The molecule has 11 heavy (non-hydrogen) atoms. The van der Waals surface area contributed by atoms with Crippen LogP contribution in [-0.2, 0) is 0 Å².